The van der Waals surface area contributed by atoms with Gasteiger partial charge in [0.1, 0.15) is 11.9 Å². The second-order valence-electron chi connectivity index (χ2n) is 5.40. The second kappa shape index (κ2) is 6.26. The molecule has 0 radical (unpaired) electrons. The van der Waals surface area contributed by atoms with E-state index < -0.39 is 0 Å². The Bertz CT molecular complexity index is 423. The molecule has 2 rings (SSSR count). The first-order valence-corrected chi connectivity index (χ1v) is 6.94. The summed E-state index contributed by atoms with van der Waals surface area (Å²) in [4.78, 5) is 2.17. The monoisotopic (exact) mass is 264 g/mol. The lowest BCUT2D eigenvalue weighted by Gasteiger charge is -2.27. The Morgan fingerprint density at radius 1 is 1.53 bits per heavy atom. The van der Waals surface area contributed by atoms with Gasteiger partial charge < -0.3 is 20.1 Å². The number of anilines is 1. The summed E-state index contributed by atoms with van der Waals surface area (Å²) in [5, 5.41) is 12.4. The average Bonchev–Trinajstić information content (AvgIpc) is 2.39. The van der Waals surface area contributed by atoms with E-state index >= 15 is 0 Å². The molecule has 0 aliphatic carbocycles. The average molecular weight is 264 g/mol. The molecule has 19 heavy (non-hydrogen) atoms. The van der Waals surface area contributed by atoms with E-state index in [2.05, 4.69) is 36.2 Å². The molecule has 1 heterocycles. The SMILES string of the molecule is CC1CNc2cc(CC(C)N(C)CCO)ccc2O1. The molecule has 4 heteroatoms. The zero-order chi connectivity index (χ0) is 13.8. The van der Waals surface area contributed by atoms with Crippen molar-refractivity contribution in [1.29, 1.82) is 0 Å². The van der Waals surface area contributed by atoms with Crippen molar-refractivity contribution < 1.29 is 9.84 Å². The second-order valence-corrected chi connectivity index (χ2v) is 5.40. The minimum absolute atomic E-state index is 0.207. The molecule has 2 atom stereocenters. The number of fused-ring (bicyclic) bond motifs is 1. The Balaban J connectivity index is 2.02. The first-order chi connectivity index (χ1) is 9.10. The zero-order valence-corrected chi connectivity index (χ0v) is 12.0. The Labute approximate surface area is 115 Å². The predicted octanol–water partition coefficient (Wildman–Crippen LogP) is 1.73. The number of rotatable bonds is 5. The molecule has 0 saturated carbocycles. The Kier molecular flexibility index (Phi) is 4.66. The molecule has 106 valence electrons. The molecule has 0 amide bonds. The first-order valence-electron chi connectivity index (χ1n) is 6.94. The number of hydrogen-bond donors (Lipinski definition) is 2. The van der Waals surface area contributed by atoms with Crippen LogP contribution in [0.2, 0.25) is 0 Å². The minimum Gasteiger partial charge on any atom is -0.487 e. The summed E-state index contributed by atoms with van der Waals surface area (Å²) in [5.74, 6) is 0.943. The van der Waals surface area contributed by atoms with Gasteiger partial charge >= 0.3 is 0 Å². The van der Waals surface area contributed by atoms with Gasteiger partial charge in [0, 0.05) is 12.6 Å². The summed E-state index contributed by atoms with van der Waals surface area (Å²) >= 11 is 0. The number of aliphatic hydroxyl groups is 1. The number of likely N-dealkylation sites (N-methyl/N-ethyl adjacent to an activating group) is 1. The summed E-state index contributed by atoms with van der Waals surface area (Å²) in [6, 6.07) is 6.76. The highest BCUT2D eigenvalue weighted by Crippen LogP contribution is 2.30. The van der Waals surface area contributed by atoms with Gasteiger partial charge in [-0.15, -0.1) is 0 Å². The summed E-state index contributed by atoms with van der Waals surface area (Å²) in [5.41, 5.74) is 2.38. The van der Waals surface area contributed by atoms with Gasteiger partial charge in [-0.25, -0.2) is 0 Å². The molecule has 4 nitrogen and oxygen atoms in total. The molecule has 1 aromatic carbocycles. The molecule has 1 aliphatic rings. The molecule has 1 aliphatic heterocycles. The van der Waals surface area contributed by atoms with Crippen molar-refractivity contribution in [2.24, 2.45) is 0 Å². The topological polar surface area (TPSA) is 44.7 Å². The van der Waals surface area contributed by atoms with Crippen LogP contribution in [0.25, 0.3) is 0 Å². The van der Waals surface area contributed by atoms with Crippen LogP contribution in [0.4, 0.5) is 5.69 Å². The Morgan fingerprint density at radius 3 is 3.05 bits per heavy atom. The van der Waals surface area contributed by atoms with Crippen LogP contribution in [-0.2, 0) is 6.42 Å². The highest BCUT2D eigenvalue weighted by atomic mass is 16.5. The Hall–Kier alpha value is -1.26. The molecule has 2 N–H and O–H groups in total. The first kappa shape index (κ1) is 14.2. The largest absolute Gasteiger partial charge is 0.487 e. The number of benzene rings is 1. The van der Waals surface area contributed by atoms with Crippen molar-refractivity contribution in [1.82, 2.24) is 4.90 Å². The van der Waals surface area contributed by atoms with Crippen molar-refractivity contribution >= 4 is 5.69 Å². The van der Waals surface area contributed by atoms with Crippen LogP contribution in [0.5, 0.6) is 5.75 Å². The van der Waals surface area contributed by atoms with E-state index in [-0.39, 0.29) is 12.7 Å². The van der Waals surface area contributed by atoms with Crippen molar-refractivity contribution in [3.8, 4) is 5.75 Å². The number of nitrogens with one attached hydrogen (secondary N) is 1. The van der Waals surface area contributed by atoms with Crippen LogP contribution < -0.4 is 10.1 Å². The van der Waals surface area contributed by atoms with Crippen LogP contribution in [0.1, 0.15) is 19.4 Å². The quantitative estimate of drug-likeness (QED) is 0.850. The van der Waals surface area contributed by atoms with Crippen molar-refractivity contribution in [2.75, 3.05) is 32.1 Å². The fraction of sp³-hybridized carbons (Fsp3) is 0.600. The maximum atomic E-state index is 8.97. The molecule has 0 bridgehead atoms. The van der Waals surface area contributed by atoms with Crippen molar-refractivity contribution in [3.05, 3.63) is 23.8 Å². The molecule has 0 fully saturated rings. The predicted molar refractivity (Wildman–Crippen MR) is 77.9 cm³/mol. The summed E-state index contributed by atoms with van der Waals surface area (Å²) < 4.78 is 5.77. The van der Waals surface area contributed by atoms with Crippen molar-refractivity contribution in [2.45, 2.75) is 32.4 Å². The molecule has 1 aromatic rings. The highest BCUT2D eigenvalue weighted by Gasteiger charge is 2.16. The summed E-state index contributed by atoms with van der Waals surface area (Å²) in [6.07, 6.45) is 1.20. The molecule has 0 aromatic heterocycles. The lowest BCUT2D eigenvalue weighted by atomic mass is 10.0. The van der Waals surface area contributed by atoms with Crippen LogP contribution in [0.15, 0.2) is 18.2 Å². The van der Waals surface area contributed by atoms with Gasteiger partial charge in [-0.2, -0.15) is 0 Å². The lowest BCUT2D eigenvalue weighted by molar-refractivity contribution is 0.187. The maximum Gasteiger partial charge on any atom is 0.142 e. The molecular weight excluding hydrogens is 240 g/mol. The van der Waals surface area contributed by atoms with E-state index in [1.54, 1.807) is 0 Å². The van der Waals surface area contributed by atoms with Gasteiger partial charge in [-0.3, -0.25) is 0 Å². The van der Waals surface area contributed by atoms with Crippen molar-refractivity contribution in [3.63, 3.8) is 0 Å². The Morgan fingerprint density at radius 2 is 2.32 bits per heavy atom. The normalized spacial score (nSPS) is 19.5. The minimum atomic E-state index is 0.207. The lowest BCUT2D eigenvalue weighted by Crippen LogP contribution is -2.33. The zero-order valence-electron chi connectivity index (χ0n) is 12.0. The van der Waals surface area contributed by atoms with E-state index in [4.69, 9.17) is 9.84 Å². The third-order valence-electron chi connectivity index (χ3n) is 3.69. The third-order valence-corrected chi connectivity index (χ3v) is 3.69. The van der Waals surface area contributed by atoms with Gasteiger partial charge in [0.15, 0.2) is 0 Å². The highest BCUT2D eigenvalue weighted by molar-refractivity contribution is 5.59. The number of hydrogen-bond acceptors (Lipinski definition) is 4. The number of ether oxygens (including phenoxy) is 1. The van der Waals surface area contributed by atoms with Crippen LogP contribution in [0, 0.1) is 0 Å². The smallest absolute Gasteiger partial charge is 0.142 e. The van der Waals surface area contributed by atoms with Gasteiger partial charge in [0.25, 0.3) is 0 Å². The summed E-state index contributed by atoms with van der Waals surface area (Å²) in [6.45, 7) is 6.02. The standard InChI is InChI=1S/C15H24N2O2/c1-11(17(3)6-7-18)8-13-4-5-15-14(9-13)16-10-12(2)19-15/h4-5,9,11-12,16,18H,6-8,10H2,1-3H3. The molecule has 0 spiro atoms. The fourth-order valence-electron chi connectivity index (χ4n) is 2.33. The molecular formula is C15H24N2O2. The van der Waals surface area contributed by atoms with Crippen LogP contribution in [-0.4, -0.2) is 48.9 Å². The van der Waals surface area contributed by atoms with Gasteiger partial charge in [-0.05, 0) is 45.0 Å². The number of aliphatic hydroxyl groups excluding tert-OH is 1. The van der Waals surface area contributed by atoms with Crippen LogP contribution in [0.3, 0.4) is 0 Å². The van der Waals surface area contributed by atoms with Gasteiger partial charge in [0.05, 0.1) is 18.8 Å². The van der Waals surface area contributed by atoms with E-state index in [0.29, 0.717) is 12.6 Å². The maximum absolute atomic E-state index is 8.97. The molecule has 0 saturated heterocycles. The van der Waals surface area contributed by atoms with E-state index in [1.807, 2.05) is 13.1 Å². The number of nitrogens with zero attached hydrogens (tertiary/aromatic N) is 1. The fourth-order valence-corrected chi connectivity index (χ4v) is 2.33. The van der Waals surface area contributed by atoms with Gasteiger partial charge in [0.2, 0.25) is 0 Å². The van der Waals surface area contributed by atoms with E-state index in [9.17, 15) is 0 Å². The molecule has 2 unspecified atom stereocenters. The van der Waals surface area contributed by atoms with Crippen LogP contribution >= 0.6 is 0 Å². The summed E-state index contributed by atoms with van der Waals surface area (Å²) in [7, 11) is 2.04. The van der Waals surface area contributed by atoms with E-state index in [1.165, 1.54) is 5.56 Å². The third kappa shape index (κ3) is 3.61. The van der Waals surface area contributed by atoms with Gasteiger partial charge in [-0.1, -0.05) is 6.07 Å². The van der Waals surface area contributed by atoms with E-state index in [0.717, 1.165) is 24.4 Å².